The number of halogens is 2. The van der Waals surface area contributed by atoms with E-state index < -0.39 is 5.82 Å². The summed E-state index contributed by atoms with van der Waals surface area (Å²) < 4.78 is 26.9. The molecule has 1 aliphatic rings. The molecular formula is C20H18F2N2O2. The Balaban J connectivity index is 1.68. The monoisotopic (exact) mass is 356 g/mol. The van der Waals surface area contributed by atoms with Crippen molar-refractivity contribution < 1.29 is 18.4 Å². The Kier molecular flexibility index (Phi) is 5.41. The molecule has 26 heavy (non-hydrogen) atoms. The molecule has 0 spiro atoms. The van der Waals surface area contributed by atoms with Crippen molar-refractivity contribution in [2.24, 2.45) is 5.16 Å². The number of hydrogen-bond donors (Lipinski definition) is 0. The van der Waals surface area contributed by atoms with E-state index in [2.05, 4.69) is 11.7 Å². The molecule has 0 N–H and O–H groups in total. The Morgan fingerprint density at radius 3 is 2.65 bits per heavy atom. The highest BCUT2D eigenvalue weighted by Crippen LogP contribution is 2.20. The third-order valence-corrected chi connectivity index (χ3v) is 4.07. The van der Waals surface area contributed by atoms with E-state index in [1.165, 1.54) is 30.3 Å². The molecule has 0 unspecified atom stereocenters. The van der Waals surface area contributed by atoms with Crippen molar-refractivity contribution in [3.05, 3.63) is 83.9 Å². The second kappa shape index (κ2) is 7.91. The lowest BCUT2D eigenvalue weighted by Gasteiger charge is -2.23. The zero-order valence-electron chi connectivity index (χ0n) is 14.1. The van der Waals surface area contributed by atoms with Gasteiger partial charge in [0.25, 0.3) is 5.91 Å². The first-order valence-electron chi connectivity index (χ1n) is 8.22. The van der Waals surface area contributed by atoms with Gasteiger partial charge in [-0.15, -0.1) is 6.58 Å². The van der Waals surface area contributed by atoms with Gasteiger partial charge in [0.1, 0.15) is 11.6 Å². The third kappa shape index (κ3) is 3.96. The topological polar surface area (TPSA) is 41.9 Å². The van der Waals surface area contributed by atoms with Crippen molar-refractivity contribution in [1.29, 1.82) is 0 Å². The van der Waals surface area contributed by atoms with Crippen LogP contribution in [0.4, 0.5) is 8.78 Å². The van der Waals surface area contributed by atoms with Gasteiger partial charge in [-0.3, -0.25) is 4.79 Å². The molecule has 0 aromatic heterocycles. The summed E-state index contributed by atoms with van der Waals surface area (Å²) in [5, 5.41) is 3.97. The van der Waals surface area contributed by atoms with Gasteiger partial charge in [-0.1, -0.05) is 29.4 Å². The second-order valence-electron chi connectivity index (χ2n) is 5.96. The van der Waals surface area contributed by atoms with Gasteiger partial charge in [-0.25, -0.2) is 8.78 Å². The first-order chi connectivity index (χ1) is 12.6. The highest BCUT2D eigenvalue weighted by Gasteiger charge is 2.27. The number of amides is 1. The molecule has 4 nitrogen and oxygen atoms in total. The van der Waals surface area contributed by atoms with Crippen LogP contribution in [-0.2, 0) is 4.84 Å². The minimum absolute atomic E-state index is 0.257. The Morgan fingerprint density at radius 2 is 1.96 bits per heavy atom. The summed E-state index contributed by atoms with van der Waals surface area (Å²) in [5.74, 6) is -1.02. The van der Waals surface area contributed by atoms with Crippen LogP contribution in [0.15, 0.2) is 66.3 Å². The number of rotatable bonds is 6. The van der Waals surface area contributed by atoms with Gasteiger partial charge in [0, 0.05) is 24.1 Å². The molecule has 1 atom stereocenters. The molecule has 6 heteroatoms. The Bertz CT molecular complexity index is 834. The maximum atomic E-state index is 13.9. The van der Waals surface area contributed by atoms with Crippen molar-refractivity contribution in [2.75, 3.05) is 13.1 Å². The maximum Gasteiger partial charge on any atom is 0.254 e. The van der Waals surface area contributed by atoms with Gasteiger partial charge in [0.05, 0.1) is 12.3 Å². The molecular weight excluding hydrogens is 338 g/mol. The van der Waals surface area contributed by atoms with E-state index in [0.29, 0.717) is 29.8 Å². The van der Waals surface area contributed by atoms with E-state index >= 15 is 0 Å². The molecule has 3 rings (SSSR count). The molecule has 2 aromatic rings. The van der Waals surface area contributed by atoms with Gasteiger partial charge in [0.2, 0.25) is 0 Å². The van der Waals surface area contributed by atoms with Crippen LogP contribution in [-0.4, -0.2) is 35.7 Å². The minimum Gasteiger partial charge on any atom is -0.390 e. The predicted molar refractivity (Wildman–Crippen MR) is 94.9 cm³/mol. The zero-order chi connectivity index (χ0) is 18.5. The highest BCUT2D eigenvalue weighted by atomic mass is 19.1. The zero-order valence-corrected chi connectivity index (χ0v) is 14.1. The lowest BCUT2D eigenvalue weighted by Crippen LogP contribution is -2.37. The third-order valence-electron chi connectivity index (χ3n) is 4.07. The molecule has 1 aliphatic heterocycles. The van der Waals surface area contributed by atoms with Crippen molar-refractivity contribution in [1.82, 2.24) is 4.90 Å². The fourth-order valence-electron chi connectivity index (χ4n) is 2.80. The fourth-order valence-corrected chi connectivity index (χ4v) is 2.80. The summed E-state index contributed by atoms with van der Waals surface area (Å²) in [5.41, 5.74) is 1.29. The highest BCUT2D eigenvalue weighted by molar-refractivity contribution is 6.01. The lowest BCUT2D eigenvalue weighted by molar-refractivity contribution is 0.0450. The molecule has 0 saturated heterocycles. The van der Waals surface area contributed by atoms with E-state index in [1.807, 2.05) is 0 Å². The summed E-state index contributed by atoms with van der Waals surface area (Å²) in [4.78, 5) is 19.6. The molecule has 0 radical (unpaired) electrons. The van der Waals surface area contributed by atoms with Gasteiger partial charge in [0.15, 0.2) is 6.10 Å². The van der Waals surface area contributed by atoms with Crippen LogP contribution < -0.4 is 0 Å². The quantitative estimate of drug-likeness (QED) is 0.739. The minimum atomic E-state index is -0.404. The smallest absolute Gasteiger partial charge is 0.254 e. The number of carbonyl (C=O) groups excluding carboxylic acids is 1. The van der Waals surface area contributed by atoms with E-state index in [-0.39, 0.29) is 24.4 Å². The van der Waals surface area contributed by atoms with Crippen LogP contribution >= 0.6 is 0 Å². The summed E-state index contributed by atoms with van der Waals surface area (Å²) in [6.45, 7) is 4.24. The van der Waals surface area contributed by atoms with Crippen LogP contribution in [0, 0.1) is 11.6 Å². The van der Waals surface area contributed by atoms with Gasteiger partial charge in [-0.05, 0) is 30.3 Å². The van der Waals surface area contributed by atoms with Gasteiger partial charge in [-0.2, -0.15) is 0 Å². The SMILES string of the molecule is C=CCN(C[C@@H]1CC(c2ccccc2F)=NO1)C(=O)c1ccc(F)cc1. The molecule has 0 bridgehead atoms. The summed E-state index contributed by atoms with van der Waals surface area (Å²) in [6.07, 6.45) is 1.62. The van der Waals surface area contributed by atoms with Crippen molar-refractivity contribution in [3.63, 3.8) is 0 Å². The number of nitrogens with zero attached hydrogens (tertiary/aromatic N) is 2. The fraction of sp³-hybridized carbons (Fsp3) is 0.200. The van der Waals surface area contributed by atoms with Crippen molar-refractivity contribution in [3.8, 4) is 0 Å². The standard InChI is InChI=1S/C20H18F2N2O2/c1-2-11-24(20(25)14-7-9-15(21)10-8-14)13-16-12-19(23-26-16)17-5-3-4-6-18(17)22/h2-10,16H,1,11-13H2/t16-/m0/s1. The number of oxime groups is 1. The molecule has 0 saturated carbocycles. The molecule has 2 aromatic carbocycles. The predicted octanol–water partition coefficient (Wildman–Crippen LogP) is 3.79. The van der Waals surface area contributed by atoms with Crippen molar-refractivity contribution in [2.45, 2.75) is 12.5 Å². The molecule has 0 fully saturated rings. The van der Waals surface area contributed by atoms with Gasteiger partial charge >= 0.3 is 0 Å². The van der Waals surface area contributed by atoms with Crippen LogP contribution in [0.3, 0.4) is 0 Å². The Labute approximate surface area is 150 Å². The van der Waals surface area contributed by atoms with Crippen LogP contribution in [0.5, 0.6) is 0 Å². The average molecular weight is 356 g/mol. The maximum absolute atomic E-state index is 13.9. The number of hydrogen-bond acceptors (Lipinski definition) is 3. The summed E-state index contributed by atoms with van der Waals surface area (Å²) in [6, 6.07) is 11.7. The first kappa shape index (κ1) is 17.8. The lowest BCUT2D eigenvalue weighted by atomic mass is 10.0. The number of benzene rings is 2. The van der Waals surface area contributed by atoms with Crippen LogP contribution in [0.2, 0.25) is 0 Å². The van der Waals surface area contributed by atoms with E-state index in [4.69, 9.17) is 4.84 Å². The van der Waals surface area contributed by atoms with Crippen LogP contribution in [0.1, 0.15) is 22.3 Å². The van der Waals surface area contributed by atoms with Crippen LogP contribution in [0.25, 0.3) is 0 Å². The van der Waals surface area contributed by atoms with E-state index in [9.17, 15) is 13.6 Å². The second-order valence-corrected chi connectivity index (χ2v) is 5.96. The Hall–Kier alpha value is -3.02. The summed E-state index contributed by atoms with van der Waals surface area (Å²) in [7, 11) is 0. The van der Waals surface area contributed by atoms with E-state index in [1.54, 1.807) is 29.2 Å². The molecule has 0 aliphatic carbocycles. The molecule has 134 valence electrons. The molecule has 1 heterocycles. The largest absolute Gasteiger partial charge is 0.390 e. The summed E-state index contributed by atoms with van der Waals surface area (Å²) >= 11 is 0. The normalized spacial score (nSPS) is 15.9. The number of carbonyl (C=O) groups is 1. The van der Waals surface area contributed by atoms with Crippen molar-refractivity contribution >= 4 is 11.6 Å². The Morgan fingerprint density at radius 1 is 1.23 bits per heavy atom. The van der Waals surface area contributed by atoms with Gasteiger partial charge < -0.3 is 9.74 Å². The average Bonchev–Trinajstić information content (AvgIpc) is 3.10. The molecule has 1 amide bonds. The van der Waals surface area contributed by atoms with E-state index in [0.717, 1.165) is 0 Å². The first-order valence-corrected chi connectivity index (χ1v) is 8.22.